The van der Waals surface area contributed by atoms with Gasteiger partial charge in [0.15, 0.2) is 0 Å². The van der Waals surface area contributed by atoms with Crippen LogP contribution in [0.15, 0.2) is 24.5 Å². The van der Waals surface area contributed by atoms with Crippen molar-refractivity contribution in [3.8, 4) is 5.95 Å². The standard InChI is InChI=1S/C16H23N5O3/c1-16(2,3)12-10-13(19-14(22)11-24-9-8-23-4)21(20-12)15-17-6-5-7-18-15/h5-7,10H,8-9,11H2,1-4H3,(H,19,22). The number of aromatic nitrogens is 4. The highest BCUT2D eigenvalue weighted by molar-refractivity contribution is 5.91. The first-order chi connectivity index (χ1) is 11.4. The van der Waals surface area contributed by atoms with Crippen LogP contribution in [0.3, 0.4) is 0 Å². The Hall–Kier alpha value is -2.32. The number of nitrogens with zero attached hydrogens (tertiary/aromatic N) is 4. The first-order valence-electron chi connectivity index (χ1n) is 7.66. The molecule has 130 valence electrons. The molecular weight excluding hydrogens is 310 g/mol. The molecule has 2 aromatic heterocycles. The maximum atomic E-state index is 12.1. The summed E-state index contributed by atoms with van der Waals surface area (Å²) in [7, 11) is 1.58. The monoisotopic (exact) mass is 333 g/mol. The van der Waals surface area contributed by atoms with Crippen molar-refractivity contribution in [1.29, 1.82) is 0 Å². The largest absolute Gasteiger partial charge is 0.382 e. The fraction of sp³-hybridized carbons (Fsp3) is 0.500. The number of amides is 1. The summed E-state index contributed by atoms with van der Waals surface area (Å²) in [5.74, 6) is 0.624. The minimum atomic E-state index is -0.274. The molecule has 0 fully saturated rings. The van der Waals surface area contributed by atoms with Crippen molar-refractivity contribution in [3.05, 3.63) is 30.2 Å². The lowest BCUT2D eigenvalue weighted by Crippen LogP contribution is -2.21. The normalized spacial score (nSPS) is 11.5. The highest BCUT2D eigenvalue weighted by atomic mass is 16.5. The number of carbonyl (C=O) groups excluding carboxylic acids is 1. The van der Waals surface area contributed by atoms with E-state index in [4.69, 9.17) is 9.47 Å². The Morgan fingerprint density at radius 3 is 2.58 bits per heavy atom. The van der Waals surface area contributed by atoms with Crippen LogP contribution in [0, 0.1) is 0 Å². The molecule has 0 unspecified atom stereocenters. The van der Waals surface area contributed by atoms with Gasteiger partial charge in [-0.15, -0.1) is 0 Å². The number of nitrogens with one attached hydrogen (secondary N) is 1. The van der Waals surface area contributed by atoms with Crippen molar-refractivity contribution in [2.45, 2.75) is 26.2 Å². The van der Waals surface area contributed by atoms with E-state index in [0.29, 0.717) is 25.0 Å². The van der Waals surface area contributed by atoms with Crippen LogP contribution in [0.4, 0.5) is 5.82 Å². The molecule has 2 rings (SSSR count). The van der Waals surface area contributed by atoms with Crippen LogP contribution in [0.5, 0.6) is 0 Å². The minimum absolute atomic E-state index is 0.0605. The summed E-state index contributed by atoms with van der Waals surface area (Å²) in [6, 6.07) is 3.54. The summed E-state index contributed by atoms with van der Waals surface area (Å²) >= 11 is 0. The lowest BCUT2D eigenvalue weighted by atomic mass is 9.92. The summed E-state index contributed by atoms with van der Waals surface area (Å²) in [5.41, 5.74) is 0.652. The number of rotatable bonds is 7. The lowest BCUT2D eigenvalue weighted by Gasteiger charge is -2.13. The first-order valence-corrected chi connectivity index (χ1v) is 7.66. The van der Waals surface area contributed by atoms with E-state index >= 15 is 0 Å². The molecule has 0 saturated carbocycles. The molecule has 1 amide bonds. The molecule has 0 aliphatic rings. The maximum Gasteiger partial charge on any atom is 0.252 e. The second-order valence-corrected chi connectivity index (χ2v) is 6.22. The van der Waals surface area contributed by atoms with E-state index in [1.54, 1.807) is 25.6 Å². The number of methoxy groups -OCH3 is 1. The lowest BCUT2D eigenvalue weighted by molar-refractivity contribution is -0.121. The van der Waals surface area contributed by atoms with Gasteiger partial charge in [0, 0.05) is 31.0 Å². The first kappa shape index (κ1) is 18.0. The average molecular weight is 333 g/mol. The van der Waals surface area contributed by atoms with Crippen LogP contribution in [0.1, 0.15) is 26.5 Å². The SMILES string of the molecule is COCCOCC(=O)Nc1cc(C(C)(C)C)nn1-c1ncccn1. The summed E-state index contributed by atoms with van der Waals surface area (Å²) in [6.45, 7) is 6.88. The van der Waals surface area contributed by atoms with Gasteiger partial charge in [-0.1, -0.05) is 20.8 Å². The van der Waals surface area contributed by atoms with Crippen LogP contribution < -0.4 is 5.32 Å². The van der Waals surface area contributed by atoms with Crippen molar-refractivity contribution >= 4 is 11.7 Å². The van der Waals surface area contributed by atoms with Crippen LogP contribution in [0.2, 0.25) is 0 Å². The van der Waals surface area contributed by atoms with Crippen molar-refractivity contribution in [2.75, 3.05) is 32.2 Å². The van der Waals surface area contributed by atoms with E-state index in [0.717, 1.165) is 5.69 Å². The molecule has 8 nitrogen and oxygen atoms in total. The fourth-order valence-electron chi connectivity index (χ4n) is 1.88. The smallest absolute Gasteiger partial charge is 0.252 e. The molecule has 0 atom stereocenters. The number of hydrogen-bond donors (Lipinski definition) is 1. The van der Waals surface area contributed by atoms with Gasteiger partial charge in [-0.25, -0.2) is 9.97 Å². The number of ether oxygens (including phenoxy) is 2. The Morgan fingerprint density at radius 1 is 1.25 bits per heavy atom. The second-order valence-electron chi connectivity index (χ2n) is 6.22. The summed E-state index contributed by atoms with van der Waals surface area (Å²) in [4.78, 5) is 20.4. The summed E-state index contributed by atoms with van der Waals surface area (Å²) < 4.78 is 11.6. The number of anilines is 1. The Balaban J connectivity index is 2.18. The third kappa shape index (κ3) is 4.84. The molecule has 0 aliphatic heterocycles. The Kier molecular flexibility index (Phi) is 5.99. The van der Waals surface area contributed by atoms with Crippen molar-refractivity contribution in [1.82, 2.24) is 19.7 Å². The molecule has 0 bridgehead atoms. The van der Waals surface area contributed by atoms with Gasteiger partial charge in [0.25, 0.3) is 11.9 Å². The van der Waals surface area contributed by atoms with Gasteiger partial charge in [0.05, 0.1) is 18.9 Å². The van der Waals surface area contributed by atoms with E-state index in [2.05, 4.69) is 20.4 Å². The Labute approximate surface area is 141 Å². The van der Waals surface area contributed by atoms with Crippen LogP contribution >= 0.6 is 0 Å². The number of carbonyl (C=O) groups is 1. The second kappa shape index (κ2) is 7.98. The molecule has 1 N–H and O–H groups in total. The summed E-state index contributed by atoms with van der Waals surface area (Å²) in [6.07, 6.45) is 3.25. The molecule has 2 heterocycles. The molecule has 8 heteroatoms. The third-order valence-corrected chi connectivity index (χ3v) is 3.15. The quantitative estimate of drug-likeness (QED) is 0.773. The van der Waals surface area contributed by atoms with Gasteiger partial charge in [0.1, 0.15) is 12.4 Å². The van der Waals surface area contributed by atoms with Gasteiger partial charge in [0.2, 0.25) is 0 Å². The van der Waals surface area contributed by atoms with Gasteiger partial charge in [-0.2, -0.15) is 9.78 Å². The third-order valence-electron chi connectivity index (χ3n) is 3.15. The zero-order valence-corrected chi connectivity index (χ0v) is 14.4. The zero-order valence-electron chi connectivity index (χ0n) is 14.4. The predicted molar refractivity (Wildman–Crippen MR) is 89.2 cm³/mol. The molecular formula is C16H23N5O3. The number of hydrogen-bond acceptors (Lipinski definition) is 6. The van der Waals surface area contributed by atoms with E-state index < -0.39 is 0 Å². The minimum Gasteiger partial charge on any atom is -0.382 e. The van der Waals surface area contributed by atoms with Crippen molar-refractivity contribution < 1.29 is 14.3 Å². The molecule has 0 saturated heterocycles. The van der Waals surface area contributed by atoms with Gasteiger partial charge in [-0.3, -0.25) is 4.79 Å². The van der Waals surface area contributed by atoms with Crippen LogP contribution in [0.25, 0.3) is 5.95 Å². The molecule has 0 radical (unpaired) electrons. The Bertz CT molecular complexity index is 664. The van der Waals surface area contributed by atoms with E-state index in [9.17, 15) is 4.79 Å². The molecule has 24 heavy (non-hydrogen) atoms. The highest BCUT2D eigenvalue weighted by Crippen LogP contribution is 2.25. The highest BCUT2D eigenvalue weighted by Gasteiger charge is 2.22. The van der Waals surface area contributed by atoms with Crippen LogP contribution in [-0.4, -0.2) is 52.6 Å². The Morgan fingerprint density at radius 2 is 1.96 bits per heavy atom. The predicted octanol–water partition coefficient (Wildman–Crippen LogP) is 1.56. The van der Waals surface area contributed by atoms with E-state index in [1.807, 2.05) is 26.8 Å². The van der Waals surface area contributed by atoms with E-state index in [1.165, 1.54) is 4.68 Å². The molecule has 0 aliphatic carbocycles. The molecule has 0 spiro atoms. The van der Waals surface area contributed by atoms with Gasteiger partial charge < -0.3 is 14.8 Å². The van der Waals surface area contributed by atoms with Crippen molar-refractivity contribution in [3.63, 3.8) is 0 Å². The molecule has 0 aromatic carbocycles. The van der Waals surface area contributed by atoms with Gasteiger partial charge >= 0.3 is 0 Å². The van der Waals surface area contributed by atoms with Gasteiger partial charge in [-0.05, 0) is 6.07 Å². The van der Waals surface area contributed by atoms with Crippen molar-refractivity contribution in [2.24, 2.45) is 0 Å². The van der Waals surface area contributed by atoms with E-state index in [-0.39, 0.29) is 17.9 Å². The van der Waals surface area contributed by atoms with Crippen LogP contribution in [-0.2, 0) is 19.7 Å². The fourth-order valence-corrected chi connectivity index (χ4v) is 1.88. The maximum absolute atomic E-state index is 12.1. The summed E-state index contributed by atoms with van der Waals surface area (Å²) in [5, 5.41) is 7.32. The topological polar surface area (TPSA) is 91.2 Å². The molecule has 2 aromatic rings. The zero-order chi connectivity index (χ0) is 17.6. The average Bonchev–Trinajstić information content (AvgIpc) is 2.96.